The van der Waals surface area contributed by atoms with Crippen molar-refractivity contribution in [1.29, 1.82) is 0 Å². The van der Waals surface area contributed by atoms with E-state index >= 15 is 0 Å². The molecule has 41 heavy (non-hydrogen) atoms. The summed E-state index contributed by atoms with van der Waals surface area (Å²) in [7, 11) is 0. The second kappa shape index (κ2) is 11.3. The monoisotopic (exact) mass is 560 g/mol. The molecule has 3 amide bonds. The maximum Gasteiger partial charge on any atom is 0.323 e. The fraction of sp³-hybridized carbons (Fsp3) is 0.0333. The third-order valence-corrected chi connectivity index (χ3v) is 6.78. The molecule has 3 aromatic carbocycles. The molecular formula is C30H24N8O2S. The van der Waals surface area contributed by atoms with Crippen molar-refractivity contribution in [3.05, 3.63) is 103 Å². The minimum Gasteiger partial charge on any atom is -0.326 e. The van der Waals surface area contributed by atoms with Crippen molar-refractivity contribution >= 4 is 56.9 Å². The van der Waals surface area contributed by atoms with E-state index in [0.29, 0.717) is 28.7 Å². The van der Waals surface area contributed by atoms with Gasteiger partial charge in [-0.25, -0.2) is 19.7 Å². The highest BCUT2D eigenvalue weighted by Gasteiger charge is 2.19. The number of urea groups is 1. The summed E-state index contributed by atoms with van der Waals surface area (Å²) in [5.74, 6) is 0.246. The molecule has 11 heteroatoms. The molecule has 0 bridgehead atoms. The van der Waals surface area contributed by atoms with E-state index in [4.69, 9.17) is 9.97 Å². The topological polar surface area (TPSA) is 125 Å². The molecule has 10 nitrogen and oxygen atoms in total. The molecule has 4 N–H and O–H groups in total. The first-order chi connectivity index (χ1) is 20.0. The fourth-order valence-electron chi connectivity index (χ4n) is 4.35. The molecule has 0 aliphatic heterocycles. The molecule has 6 rings (SSSR count). The maximum absolute atomic E-state index is 12.6. The van der Waals surface area contributed by atoms with Crippen molar-refractivity contribution in [1.82, 2.24) is 19.4 Å². The Morgan fingerprint density at radius 1 is 0.780 bits per heavy atom. The number of hydrogen-bond donors (Lipinski definition) is 4. The quantitative estimate of drug-likeness (QED) is 0.169. The highest BCUT2D eigenvalue weighted by Crippen LogP contribution is 2.35. The van der Waals surface area contributed by atoms with Gasteiger partial charge >= 0.3 is 6.03 Å². The summed E-state index contributed by atoms with van der Waals surface area (Å²) in [4.78, 5) is 38.9. The first-order valence-electron chi connectivity index (χ1n) is 12.7. The average molecular weight is 561 g/mol. The zero-order valence-corrected chi connectivity index (χ0v) is 22.6. The number of aromatic nitrogens is 4. The highest BCUT2D eigenvalue weighted by atomic mass is 32.1. The summed E-state index contributed by atoms with van der Waals surface area (Å²) in [6.07, 6.45) is 3.64. The minimum atomic E-state index is -0.339. The Kier molecular flexibility index (Phi) is 7.08. The lowest BCUT2D eigenvalue weighted by Crippen LogP contribution is -2.19. The van der Waals surface area contributed by atoms with E-state index < -0.39 is 0 Å². The molecule has 0 aliphatic carbocycles. The molecule has 202 valence electrons. The van der Waals surface area contributed by atoms with Gasteiger partial charge in [0, 0.05) is 53.0 Å². The number of nitrogens with one attached hydrogen (secondary N) is 4. The van der Waals surface area contributed by atoms with Gasteiger partial charge in [0.25, 0.3) is 0 Å². The fourth-order valence-corrected chi connectivity index (χ4v) is 5.06. The lowest BCUT2D eigenvalue weighted by atomic mass is 10.1. The standard InChI is InChI=1S/C30H24N8O2S/c1-19(39)32-23-11-6-12-24(18-23)33-28-31-14-13-25(36-28)27-26(37-30-38(27)15-16-41-30)20-7-5-10-22(17-20)35-29(40)34-21-8-3-2-4-9-21/h2-18H,1H3,(H,32,39)(H,31,33,36)(H2,34,35,40). The summed E-state index contributed by atoms with van der Waals surface area (Å²) >= 11 is 1.52. The lowest BCUT2D eigenvalue weighted by Gasteiger charge is -2.10. The van der Waals surface area contributed by atoms with Crippen LogP contribution in [0, 0.1) is 0 Å². The van der Waals surface area contributed by atoms with Crippen LogP contribution >= 0.6 is 11.3 Å². The number of hydrogen-bond acceptors (Lipinski definition) is 7. The third kappa shape index (κ3) is 5.89. The van der Waals surface area contributed by atoms with Crippen molar-refractivity contribution in [2.45, 2.75) is 6.92 Å². The lowest BCUT2D eigenvalue weighted by molar-refractivity contribution is -0.114. The Hall–Kier alpha value is -5.55. The van der Waals surface area contributed by atoms with E-state index in [1.807, 2.05) is 101 Å². The van der Waals surface area contributed by atoms with Gasteiger partial charge in [0.15, 0.2) is 4.96 Å². The average Bonchev–Trinajstić information content (AvgIpc) is 3.55. The van der Waals surface area contributed by atoms with Crippen LogP contribution in [0.4, 0.5) is 33.5 Å². The molecule has 3 aromatic heterocycles. The molecule has 0 spiro atoms. The second-order valence-corrected chi connectivity index (χ2v) is 9.92. The predicted molar refractivity (Wildman–Crippen MR) is 163 cm³/mol. The molecule has 0 unspecified atom stereocenters. The van der Waals surface area contributed by atoms with Crippen LogP contribution in [0.25, 0.3) is 27.6 Å². The van der Waals surface area contributed by atoms with E-state index in [-0.39, 0.29) is 11.9 Å². The summed E-state index contributed by atoms with van der Waals surface area (Å²) in [6, 6.07) is 25.6. The van der Waals surface area contributed by atoms with Crippen molar-refractivity contribution in [2.24, 2.45) is 0 Å². The van der Waals surface area contributed by atoms with Gasteiger partial charge in [-0.1, -0.05) is 36.4 Å². The molecule has 6 aromatic rings. The van der Waals surface area contributed by atoms with Crippen molar-refractivity contribution in [3.63, 3.8) is 0 Å². The van der Waals surface area contributed by atoms with Gasteiger partial charge in [0.2, 0.25) is 11.9 Å². The van der Waals surface area contributed by atoms with Gasteiger partial charge in [0.05, 0.1) is 11.4 Å². The zero-order chi connectivity index (χ0) is 28.2. The molecule has 3 heterocycles. The number of fused-ring (bicyclic) bond motifs is 1. The minimum absolute atomic E-state index is 0.149. The van der Waals surface area contributed by atoms with Crippen LogP contribution in [0.3, 0.4) is 0 Å². The Morgan fingerprint density at radius 2 is 1.51 bits per heavy atom. The number of carbonyl (C=O) groups is 2. The van der Waals surface area contributed by atoms with Crippen molar-refractivity contribution < 1.29 is 9.59 Å². The molecule has 0 radical (unpaired) electrons. The van der Waals surface area contributed by atoms with Crippen LogP contribution in [0.2, 0.25) is 0 Å². The van der Waals surface area contributed by atoms with Gasteiger partial charge in [0.1, 0.15) is 5.69 Å². The van der Waals surface area contributed by atoms with Crippen LogP contribution in [-0.4, -0.2) is 31.3 Å². The molecular weight excluding hydrogens is 536 g/mol. The van der Waals surface area contributed by atoms with Crippen LogP contribution < -0.4 is 21.3 Å². The number of thiazole rings is 1. The maximum atomic E-state index is 12.6. The number of para-hydroxylation sites is 1. The number of carbonyl (C=O) groups excluding carboxylic acids is 2. The van der Waals surface area contributed by atoms with Crippen LogP contribution in [0.5, 0.6) is 0 Å². The Morgan fingerprint density at radius 3 is 2.34 bits per heavy atom. The number of anilines is 5. The number of rotatable bonds is 7. The summed E-state index contributed by atoms with van der Waals surface area (Å²) in [5, 5.41) is 13.7. The number of nitrogens with zero attached hydrogens (tertiary/aromatic N) is 4. The van der Waals surface area contributed by atoms with Crippen LogP contribution in [0.15, 0.2) is 103 Å². The Bertz CT molecular complexity index is 1870. The van der Waals surface area contributed by atoms with Gasteiger partial charge in [-0.2, -0.15) is 0 Å². The molecule has 0 atom stereocenters. The molecule has 0 fully saturated rings. The highest BCUT2D eigenvalue weighted by molar-refractivity contribution is 7.15. The van der Waals surface area contributed by atoms with Crippen molar-refractivity contribution in [3.8, 4) is 22.6 Å². The van der Waals surface area contributed by atoms with Crippen LogP contribution in [-0.2, 0) is 4.79 Å². The van der Waals surface area contributed by atoms with Gasteiger partial charge in [-0.15, -0.1) is 11.3 Å². The number of imidazole rings is 1. The SMILES string of the molecule is CC(=O)Nc1cccc(Nc2nccc(-c3c(-c4cccc(NC(=O)Nc5ccccc5)c4)nc4sccn34)n2)c1. The van der Waals surface area contributed by atoms with E-state index in [1.54, 1.807) is 6.20 Å². The third-order valence-electron chi connectivity index (χ3n) is 6.02. The normalized spacial score (nSPS) is 10.8. The van der Waals surface area contributed by atoms with E-state index in [2.05, 4.69) is 26.3 Å². The largest absolute Gasteiger partial charge is 0.326 e. The van der Waals surface area contributed by atoms with E-state index in [0.717, 1.165) is 27.6 Å². The zero-order valence-electron chi connectivity index (χ0n) is 21.8. The molecule has 0 saturated carbocycles. The van der Waals surface area contributed by atoms with Gasteiger partial charge in [-0.3, -0.25) is 9.20 Å². The molecule has 0 aliphatic rings. The summed E-state index contributed by atoms with van der Waals surface area (Å²) in [5.41, 5.74) is 5.74. The molecule has 0 saturated heterocycles. The Balaban J connectivity index is 1.30. The van der Waals surface area contributed by atoms with E-state index in [9.17, 15) is 9.59 Å². The number of amides is 3. The van der Waals surface area contributed by atoms with Gasteiger partial charge in [-0.05, 0) is 48.5 Å². The van der Waals surface area contributed by atoms with E-state index in [1.165, 1.54) is 18.3 Å². The summed E-state index contributed by atoms with van der Waals surface area (Å²) < 4.78 is 1.99. The smallest absolute Gasteiger partial charge is 0.323 e. The van der Waals surface area contributed by atoms with Gasteiger partial charge < -0.3 is 21.3 Å². The summed E-state index contributed by atoms with van der Waals surface area (Å²) in [6.45, 7) is 1.46. The first-order valence-corrected chi connectivity index (χ1v) is 13.6. The van der Waals surface area contributed by atoms with Crippen LogP contribution in [0.1, 0.15) is 6.92 Å². The number of benzene rings is 3. The first kappa shape index (κ1) is 25.7. The Labute approximate surface area is 239 Å². The predicted octanol–water partition coefficient (Wildman–Crippen LogP) is 6.87. The second-order valence-electron chi connectivity index (χ2n) is 9.04. The van der Waals surface area contributed by atoms with Crippen molar-refractivity contribution in [2.75, 3.05) is 21.3 Å².